The number of benzene rings is 3. The number of likely N-dealkylation sites (N-methyl/N-ethyl adjacent to an activating group) is 1. The number of amides is 4. The maximum Gasteiger partial charge on any atom is 0.323 e. The van der Waals surface area contributed by atoms with Gasteiger partial charge in [-0.15, -0.1) is 0 Å². The van der Waals surface area contributed by atoms with Crippen molar-refractivity contribution in [1.29, 1.82) is 0 Å². The molecule has 4 amide bonds. The second kappa shape index (κ2) is 17.7. The van der Waals surface area contributed by atoms with Gasteiger partial charge in [-0.1, -0.05) is 62.6 Å². The van der Waals surface area contributed by atoms with Gasteiger partial charge in [0.05, 0.1) is 36.1 Å². The fourth-order valence-corrected chi connectivity index (χ4v) is 7.10. The average Bonchev–Trinajstić information content (AvgIpc) is 3.12. The highest BCUT2D eigenvalue weighted by Gasteiger charge is 2.32. The fourth-order valence-electron chi connectivity index (χ4n) is 7.10. The summed E-state index contributed by atoms with van der Waals surface area (Å²) in [5.41, 5.74) is 1.40. The van der Waals surface area contributed by atoms with Crippen molar-refractivity contribution in [2.75, 3.05) is 44.0 Å². The number of anilines is 2. The van der Waals surface area contributed by atoms with E-state index in [9.17, 15) is 19.5 Å². The molecule has 1 fully saturated rings. The van der Waals surface area contributed by atoms with Crippen LogP contribution in [-0.4, -0.2) is 84.4 Å². The Morgan fingerprint density at radius 2 is 1.70 bits per heavy atom. The van der Waals surface area contributed by atoms with Gasteiger partial charge in [-0.25, -0.2) is 4.79 Å². The highest BCUT2D eigenvalue weighted by Crippen LogP contribution is 2.30. The Hall–Kier alpha value is -4.15. The van der Waals surface area contributed by atoms with Gasteiger partial charge in [-0.3, -0.25) is 9.59 Å². The quantitative estimate of drug-likeness (QED) is 0.240. The van der Waals surface area contributed by atoms with Crippen LogP contribution in [0.2, 0.25) is 0 Å². The number of hydrogen-bond acceptors (Lipinski definition) is 6. The van der Waals surface area contributed by atoms with Crippen LogP contribution >= 0.6 is 0 Å². The number of rotatable bonds is 7. The second-order valence-corrected chi connectivity index (χ2v) is 14.2. The van der Waals surface area contributed by atoms with Crippen LogP contribution in [0.4, 0.5) is 16.2 Å². The highest BCUT2D eigenvalue weighted by atomic mass is 16.5. The first-order valence-corrected chi connectivity index (χ1v) is 18.3. The maximum absolute atomic E-state index is 14.5. The Kier molecular flexibility index (Phi) is 13.1. The lowest BCUT2D eigenvalue weighted by Gasteiger charge is -2.36. The molecule has 3 N–H and O–H groups in total. The summed E-state index contributed by atoms with van der Waals surface area (Å²) >= 11 is 0. The number of carbonyl (C=O) groups is 3. The molecule has 50 heavy (non-hydrogen) atoms. The lowest BCUT2D eigenvalue weighted by Crippen LogP contribution is -2.48. The fraction of sp³-hybridized carbons (Fsp3) is 0.525. The zero-order chi connectivity index (χ0) is 35.6. The minimum Gasteiger partial charge on any atom is -0.490 e. The van der Waals surface area contributed by atoms with Gasteiger partial charge in [-0.05, 0) is 75.6 Å². The van der Waals surface area contributed by atoms with Gasteiger partial charge in [0.1, 0.15) is 5.75 Å². The first-order chi connectivity index (χ1) is 24.1. The van der Waals surface area contributed by atoms with Crippen molar-refractivity contribution in [1.82, 2.24) is 9.80 Å². The third-order valence-electron chi connectivity index (χ3n) is 10.1. The predicted molar refractivity (Wildman–Crippen MR) is 198 cm³/mol. The molecule has 0 bridgehead atoms. The first-order valence-electron chi connectivity index (χ1n) is 18.3. The topological polar surface area (TPSA) is 120 Å². The minimum absolute atomic E-state index is 0.0602. The Labute approximate surface area is 296 Å². The molecular formula is C40H54N4O6. The largest absolute Gasteiger partial charge is 0.490 e. The van der Waals surface area contributed by atoms with Crippen LogP contribution < -0.4 is 15.4 Å². The molecular weight excluding hydrogens is 632 g/mol. The molecule has 10 nitrogen and oxygen atoms in total. The van der Waals surface area contributed by atoms with Crippen molar-refractivity contribution in [2.45, 2.75) is 90.4 Å². The Balaban J connectivity index is 1.38. The van der Waals surface area contributed by atoms with Gasteiger partial charge in [0.25, 0.3) is 5.91 Å². The first kappa shape index (κ1) is 37.1. The summed E-state index contributed by atoms with van der Waals surface area (Å²) in [7, 11) is 1.86. The van der Waals surface area contributed by atoms with Crippen molar-refractivity contribution >= 4 is 40.0 Å². The standard InChI is InChI=1S/C40H54N4O6/c1-27-24-44(28(2)26-45)39(47)34-23-32(41-40(48)42-35-19-12-17-30-14-8-9-18-33(30)35)20-21-36(34)50-29(3)13-10-11-22-49-37(27)25-43(4)38(46)31-15-6-5-7-16-31/h8-9,12,14,17-21,23,27-29,31,37,45H,5-7,10-11,13,15-16,22,24-26H2,1-4H3,(H2,41,42,48)/t27-,28-,29-,37+/m1/s1. The Morgan fingerprint density at radius 3 is 2.48 bits per heavy atom. The van der Waals surface area contributed by atoms with E-state index in [1.165, 1.54) is 6.42 Å². The molecule has 0 spiro atoms. The molecule has 0 aromatic heterocycles. The van der Waals surface area contributed by atoms with Gasteiger partial charge in [0, 0.05) is 49.7 Å². The van der Waals surface area contributed by atoms with Crippen LogP contribution in [0, 0.1) is 11.8 Å². The summed E-state index contributed by atoms with van der Waals surface area (Å²) in [6, 6.07) is 17.7. The monoisotopic (exact) mass is 686 g/mol. The number of nitrogens with one attached hydrogen (secondary N) is 2. The molecule has 1 aliphatic heterocycles. The molecule has 1 heterocycles. The van der Waals surface area contributed by atoms with Gasteiger partial charge < -0.3 is 35.0 Å². The molecule has 0 radical (unpaired) electrons. The van der Waals surface area contributed by atoms with E-state index in [0.29, 0.717) is 42.4 Å². The lowest BCUT2D eigenvalue weighted by atomic mass is 9.88. The summed E-state index contributed by atoms with van der Waals surface area (Å²) in [4.78, 5) is 44.5. The third kappa shape index (κ3) is 9.54. The molecule has 3 aromatic carbocycles. The van der Waals surface area contributed by atoms with Crippen LogP contribution in [0.3, 0.4) is 0 Å². The van der Waals surface area contributed by atoms with Crippen molar-refractivity contribution in [2.24, 2.45) is 11.8 Å². The van der Waals surface area contributed by atoms with E-state index < -0.39 is 12.1 Å². The smallest absolute Gasteiger partial charge is 0.323 e. The molecule has 0 saturated heterocycles. The third-order valence-corrected chi connectivity index (χ3v) is 10.1. The number of aliphatic hydroxyl groups excluding tert-OH is 1. The van der Waals surface area contributed by atoms with Crippen molar-refractivity contribution in [3.05, 3.63) is 66.2 Å². The predicted octanol–water partition coefficient (Wildman–Crippen LogP) is 7.32. The Bertz CT molecular complexity index is 1600. The maximum atomic E-state index is 14.5. The molecule has 0 unspecified atom stereocenters. The van der Waals surface area contributed by atoms with Crippen LogP contribution in [-0.2, 0) is 9.53 Å². The molecule has 3 aromatic rings. The molecule has 5 rings (SSSR count). The molecule has 1 saturated carbocycles. The molecule has 1 aliphatic carbocycles. The van der Waals surface area contributed by atoms with E-state index in [4.69, 9.17) is 9.47 Å². The van der Waals surface area contributed by atoms with Crippen LogP contribution in [0.25, 0.3) is 10.8 Å². The summed E-state index contributed by atoms with van der Waals surface area (Å²) in [5.74, 6) is 0.189. The molecule has 2 aliphatic rings. The van der Waals surface area contributed by atoms with Gasteiger partial charge in [0.15, 0.2) is 0 Å². The number of carbonyl (C=O) groups excluding carboxylic acids is 3. The zero-order valence-corrected chi connectivity index (χ0v) is 30.0. The SMILES string of the molecule is C[C@@H]1CCCCO[C@@H](CN(C)C(=O)C2CCCCC2)[C@H](C)CN([C@H](C)CO)C(=O)c2cc(NC(=O)Nc3cccc4ccccc34)ccc2O1. The number of urea groups is 1. The number of hydrogen-bond donors (Lipinski definition) is 3. The van der Waals surface area contributed by atoms with Crippen LogP contribution in [0.5, 0.6) is 5.75 Å². The summed E-state index contributed by atoms with van der Waals surface area (Å²) in [6.45, 7) is 6.87. The van der Waals surface area contributed by atoms with Crippen molar-refractivity contribution < 1.29 is 29.0 Å². The normalized spacial score (nSPS) is 21.7. The number of fused-ring (bicyclic) bond motifs is 2. The summed E-state index contributed by atoms with van der Waals surface area (Å²) in [6.07, 6.45) is 7.25. The summed E-state index contributed by atoms with van der Waals surface area (Å²) < 4.78 is 12.8. The second-order valence-electron chi connectivity index (χ2n) is 14.2. The van der Waals surface area contributed by atoms with E-state index >= 15 is 0 Å². The zero-order valence-electron chi connectivity index (χ0n) is 30.0. The summed E-state index contributed by atoms with van der Waals surface area (Å²) in [5, 5.41) is 18.1. The number of ether oxygens (including phenoxy) is 2. The molecule has 270 valence electrons. The van der Waals surface area contributed by atoms with Crippen molar-refractivity contribution in [3.8, 4) is 5.75 Å². The van der Waals surface area contributed by atoms with E-state index in [-0.39, 0.29) is 42.5 Å². The van der Waals surface area contributed by atoms with E-state index in [2.05, 4.69) is 10.6 Å². The van der Waals surface area contributed by atoms with E-state index in [0.717, 1.165) is 55.7 Å². The van der Waals surface area contributed by atoms with E-state index in [1.807, 2.05) is 75.2 Å². The van der Waals surface area contributed by atoms with Crippen LogP contribution in [0.15, 0.2) is 60.7 Å². The van der Waals surface area contributed by atoms with Crippen molar-refractivity contribution in [3.63, 3.8) is 0 Å². The van der Waals surface area contributed by atoms with E-state index in [1.54, 1.807) is 23.1 Å². The van der Waals surface area contributed by atoms with Gasteiger partial charge in [-0.2, -0.15) is 0 Å². The molecule has 10 heteroatoms. The highest BCUT2D eigenvalue weighted by molar-refractivity contribution is 6.07. The van der Waals surface area contributed by atoms with Crippen LogP contribution in [0.1, 0.15) is 82.5 Å². The lowest BCUT2D eigenvalue weighted by molar-refractivity contribution is -0.137. The Morgan fingerprint density at radius 1 is 0.960 bits per heavy atom. The van der Waals surface area contributed by atoms with Gasteiger partial charge >= 0.3 is 6.03 Å². The number of aliphatic hydroxyl groups is 1. The number of nitrogens with zero attached hydrogens (tertiary/aromatic N) is 2. The molecule has 4 atom stereocenters. The average molecular weight is 687 g/mol. The van der Waals surface area contributed by atoms with Gasteiger partial charge in [0.2, 0.25) is 5.91 Å². The minimum atomic E-state index is -0.503.